The molecule has 0 fully saturated rings. The van der Waals surface area contributed by atoms with Crippen LogP contribution in [0.4, 0.5) is 18.9 Å². The first-order valence-corrected chi connectivity index (χ1v) is 6.14. The molecule has 0 aliphatic rings. The minimum absolute atomic E-state index is 0.118. The highest BCUT2D eigenvalue weighted by Gasteiger charge is 2.12. The van der Waals surface area contributed by atoms with Gasteiger partial charge in [-0.15, -0.1) is 0 Å². The molecule has 0 bridgehead atoms. The van der Waals surface area contributed by atoms with E-state index in [1.165, 1.54) is 14.2 Å². The largest absolute Gasteiger partial charge is 0.497 e. The fourth-order valence-electron chi connectivity index (χ4n) is 1.89. The molecule has 0 unspecified atom stereocenters. The van der Waals surface area contributed by atoms with E-state index in [-0.39, 0.29) is 12.2 Å². The summed E-state index contributed by atoms with van der Waals surface area (Å²) in [5.41, 5.74) is 0.302. The minimum atomic E-state index is -0.986. The van der Waals surface area contributed by atoms with Crippen molar-refractivity contribution in [2.45, 2.75) is 6.54 Å². The van der Waals surface area contributed by atoms with Crippen LogP contribution in [0, 0.1) is 17.5 Å². The monoisotopic (exact) mass is 297 g/mol. The summed E-state index contributed by atoms with van der Waals surface area (Å²) in [5.74, 6) is -1.81. The van der Waals surface area contributed by atoms with Gasteiger partial charge in [0.2, 0.25) is 0 Å². The first-order chi connectivity index (χ1) is 10.0. The maximum Gasteiger partial charge on any atom is 0.152 e. The van der Waals surface area contributed by atoms with Gasteiger partial charge in [0.05, 0.1) is 14.2 Å². The summed E-state index contributed by atoms with van der Waals surface area (Å²) in [7, 11) is 3.01. The van der Waals surface area contributed by atoms with E-state index in [1.807, 2.05) is 0 Å². The van der Waals surface area contributed by atoms with Gasteiger partial charge in [-0.25, -0.2) is 13.2 Å². The van der Waals surface area contributed by atoms with Crippen molar-refractivity contribution in [3.8, 4) is 11.5 Å². The Morgan fingerprint density at radius 1 is 0.952 bits per heavy atom. The lowest BCUT2D eigenvalue weighted by atomic mass is 10.1. The summed E-state index contributed by atoms with van der Waals surface area (Å²) in [4.78, 5) is 0. The van der Waals surface area contributed by atoms with Crippen LogP contribution in [0.3, 0.4) is 0 Å². The fraction of sp³-hybridized carbons (Fsp3) is 0.200. The van der Waals surface area contributed by atoms with Crippen molar-refractivity contribution < 1.29 is 22.6 Å². The molecule has 2 aromatic carbocycles. The van der Waals surface area contributed by atoms with Crippen molar-refractivity contribution in [2.75, 3.05) is 19.5 Å². The number of halogens is 3. The smallest absolute Gasteiger partial charge is 0.152 e. The minimum Gasteiger partial charge on any atom is -0.497 e. The molecule has 112 valence electrons. The van der Waals surface area contributed by atoms with Crippen LogP contribution in [0.15, 0.2) is 30.3 Å². The molecule has 0 radical (unpaired) electrons. The molecule has 0 aliphatic heterocycles. The number of hydrogen-bond donors (Lipinski definition) is 1. The third-order valence-electron chi connectivity index (χ3n) is 2.96. The van der Waals surface area contributed by atoms with Gasteiger partial charge in [-0.3, -0.25) is 0 Å². The lowest BCUT2D eigenvalue weighted by Crippen LogP contribution is -2.06. The number of methoxy groups -OCH3 is 2. The molecule has 3 nitrogen and oxygen atoms in total. The molecule has 0 aliphatic carbocycles. The zero-order valence-electron chi connectivity index (χ0n) is 11.5. The van der Waals surface area contributed by atoms with Crippen LogP contribution >= 0.6 is 0 Å². The van der Waals surface area contributed by atoms with Crippen molar-refractivity contribution in [3.05, 3.63) is 53.3 Å². The Balaban J connectivity index is 2.20. The quantitative estimate of drug-likeness (QED) is 0.912. The molecule has 2 aromatic rings. The van der Waals surface area contributed by atoms with Crippen LogP contribution in [0.1, 0.15) is 5.56 Å². The second-order valence-electron chi connectivity index (χ2n) is 4.28. The van der Waals surface area contributed by atoms with Crippen LogP contribution in [0.5, 0.6) is 11.5 Å². The zero-order valence-corrected chi connectivity index (χ0v) is 11.5. The SMILES string of the molecule is COc1ccc(CNc2c(F)cc(F)cc2F)c(OC)c1. The highest BCUT2D eigenvalue weighted by molar-refractivity contribution is 5.49. The maximum atomic E-state index is 13.5. The third kappa shape index (κ3) is 3.39. The lowest BCUT2D eigenvalue weighted by molar-refractivity contribution is 0.391. The Morgan fingerprint density at radius 3 is 2.19 bits per heavy atom. The molecular weight excluding hydrogens is 283 g/mol. The molecular formula is C15H14F3NO2. The summed E-state index contributed by atoms with van der Waals surface area (Å²) in [6, 6.07) is 6.32. The Labute approximate surface area is 120 Å². The van der Waals surface area contributed by atoms with Gasteiger partial charge in [-0.2, -0.15) is 0 Å². The Morgan fingerprint density at radius 2 is 1.62 bits per heavy atom. The maximum absolute atomic E-state index is 13.5. The summed E-state index contributed by atoms with van der Waals surface area (Å²) in [6.45, 7) is 0.118. The first kappa shape index (κ1) is 15.0. The van der Waals surface area contributed by atoms with E-state index < -0.39 is 17.5 Å². The average Bonchev–Trinajstić information content (AvgIpc) is 2.46. The number of ether oxygens (including phenoxy) is 2. The predicted octanol–water partition coefficient (Wildman–Crippen LogP) is 3.73. The van der Waals surface area contributed by atoms with E-state index in [1.54, 1.807) is 18.2 Å². The van der Waals surface area contributed by atoms with Crippen molar-refractivity contribution in [3.63, 3.8) is 0 Å². The molecule has 6 heteroatoms. The number of benzene rings is 2. The van der Waals surface area contributed by atoms with Gasteiger partial charge in [0, 0.05) is 30.3 Å². The average molecular weight is 297 g/mol. The van der Waals surface area contributed by atoms with E-state index in [0.717, 1.165) is 0 Å². The van der Waals surface area contributed by atoms with Crippen molar-refractivity contribution in [1.29, 1.82) is 0 Å². The Kier molecular flexibility index (Phi) is 4.57. The number of anilines is 1. The second kappa shape index (κ2) is 6.39. The molecule has 2 rings (SSSR count). The molecule has 21 heavy (non-hydrogen) atoms. The number of rotatable bonds is 5. The summed E-state index contributed by atoms with van der Waals surface area (Å²) in [5, 5.41) is 2.60. The van der Waals surface area contributed by atoms with E-state index in [4.69, 9.17) is 9.47 Å². The fourth-order valence-corrected chi connectivity index (χ4v) is 1.89. The van der Waals surface area contributed by atoms with Crippen LogP contribution in [-0.2, 0) is 6.54 Å². The zero-order chi connectivity index (χ0) is 15.4. The van der Waals surface area contributed by atoms with E-state index >= 15 is 0 Å². The van der Waals surface area contributed by atoms with Gasteiger partial charge < -0.3 is 14.8 Å². The topological polar surface area (TPSA) is 30.5 Å². The highest BCUT2D eigenvalue weighted by Crippen LogP contribution is 2.26. The second-order valence-corrected chi connectivity index (χ2v) is 4.28. The molecule has 1 N–H and O–H groups in total. The van der Waals surface area contributed by atoms with Crippen LogP contribution in [0.25, 0.3) is 0 Å². The molecule has 0 saturated heterocycles. The van der Waals surface area contributed by atoms with Gasteiger partial charge in [0.25, 0.3) is 0 Å². The Hall–Kier alpha value is -2.37. The third-order valence-corrected chi connectivity index (χ3v) is 2.96. The highest BCUT2D eigenvalue weighted by atomic mass is 19.1. The van der Waals surface area contributed by atoms with Gasteiger partial charge in [0.1, 0.15) is 23.0 Å². The van der Waals surface area contributed by atoms with E-state index in [2.05, 4.69) is 5.32 Å². The first-order valence-electron chi connectivity index (χ1n) is 6.14. The molecule has 0 aromatic heterocycles. The molecule has 0 amide bonds. The van der Waals surface area contributed by atoms with Crippen molar-refractivity contribution >= 4 is 5.69 Å². The molecule has 0 atom stereocenters. The van der Waals surface area contributed by atoms with Gasteiger partial charge in [0.15, 0.2) is 11.6 Å². The summed E-state index contributed by atoms with van der Waals surface area (Å²) < 4.78 is 50.1. The molecule has 0 heterocycles. The van der Waals surface area contributed by atoms with Crippen LogP contribution in [-0.4, -0.2) is 14.2 Å². The summed E-state index contributed by atoms with van der Waals surface area (Å²) in [6.07, 6.45) is 0. The predicted molar refractivity (Wildman–Crippen MR) is 73.2 cm³/mol. The lowest BCUT2D eigenvalue weighted by Gasteiger charge is -2.13. The standard InChI is InChI=1S/C15H14F3NO2/c1-20-11-4-3-9(14(7-11)21-2)8-19-15-12(17)5-10(16)6-13(15)18/h3-7,19H,8H2,1-2H3. The van der Waals surface area contributed by atoms with Gasteiger partial charge in [-0.1, -0.05) is 0 Å². The van der Waals surface area contributed by atoms with Crippen LogP contribution in [0.2, 0.25) is 0 Å². The number of nitrogens with one attached hydrogen (secondary N) is 1. The van der Waals surface area contributed by atoms with Gasteiger partial charge in [-0.05, 0) is 12.1 Å². The van der Waals surface area contributed by atoms with E-state index in [0.29, 0.717) is 29.2 Å². The van der Waals surface area contributed by atoms with Gasteiger partial charge >= 0.3 is 0 Å². The Bertz CT molecular complexity index is 624. The van der Waals surface area contributed by atoms with Crippen molar-refractivity contribution in [2.24, 2.45) is 0 Å². The van der Waals surface area contributed by atoms with E-state index in [9.17, 15) is 13.2 Å². The molecule has 0 saturated carbocycles. The normalized spacial score (nSPS) is 10.3. The molecule has 0 spiro atoms. The van der Waals surface area contributed by atoms with Crippen LogP contribution < -0.4 is 14.8 Å². The number of hydrogen-bond acceptors (Lipinski definition) is 3. The summed E-state index contributed by atoms with van der Waals surface area (Å²) >= 11 is 0. The van der Waals surface area contributed by atoms with Crippen molar-refractivity contribution in [1.82, 2.24) is 0 Å².